The highest BCUT2D eigenvalue weighted by molar-refractivity contribution is 5.94. The largest absolute Gasteiger partial charge is 0.383 e. The van der Waals surface area contributed by atoms with Crippen molar-refractivity contribution in [3.05, 3.63) is 35.4 Å². The molecule has 0 spiro atoms. The van der Waals surface area contributed by atoms with Crippen LogP contribution in [0.2, 0.25) is 0 Å². The van der Waals surface area contributed by atoms with Gasteiger partial charge < -0.3 is 15.8 Å². The summed E-state index contributed by atoms with van der Waals surface area (Å²) in [7, 11) is 1.44. The molecule has 0 fully saturated rings. The number of amides is 1. The van der Waals surface area contributed by atoms with E-state index in [0.29, 0.717) is 0 Å². The quantitative estimate of drug-likeness (QED) is 0.800. The van der Waals surface area contributed by atoms with Crippen LogP contribution in [0.5, 0.6) is 0 Å². The number of ether oxygens (including phenoxy) is 1. The summed E-state index contributed by atoms with van der Waals surface area (Å²) in [6, 6.07) is 2.75. The summed E-state index contributed by atoms with van der Waals surface area (Å²) in [4.78, 5) is 11.6. The van der Waals surface area contributed by atoms with Gasteiger partial charge in [0.25, 0.3) is 5.91 Å². The molecule has 0 bridgehead atoms. The van der Waals surface area contributed by atoms with Crippen molar-refractivity contribution in [1.29, 1.82) is 0 Å². The fraction of sp³-hybridized carbons (Fsp3) is 0.364. The Hall–Kier alpha value is -1.53. The minimum Gasteiger partial charge on any atom is -0.383 e. The van der Waals surface area contributed by atoms with E-state index in [1.807, 2.05) is 0 Å². The molecule has 0 aliphatic heterocycles. The molecule has 0 heterocycles. The first kappa shape index (κ1) is 13.5. The number of nitrogens with two attached hydrogens (primary N) is 1. The van der Waals surface area contributed by atoms with E-state index in [9.17, 15) is 13.6 Å². The molecule has 17 heavy (non-hydrogen) atoms. The SMILES string of the molecule is COCC(CN)NC(=O)c1c(F)cccc1F. The topological polar surface area (TPSA) is 64.3 Å². The predicted octanol–water partition coefficient (Wildman–Crippen LogP) is 0.668. The van der Waals surface area contributed by atoms with E-state index in [2.05, 4.69) is 5.32 Å². The molecule has 0 aliphatic rings. The van der Waals surface area contributed by atoms with Gasteiger partial charge in [0.2, 0.25) is 0 Å². The third-order valence-electron chi connectivity index (χ3n) is 2.18. The lowest BCUT2D eigenvalue weighted by Gasteiger charge is -2.16. The normalized spacial score (nSPS) is 12.2. The van der Waals surface area contributed by atoms with E-state index < -0.39 is 29.1 Å². The van der Waals surface area contributed by atoms with E-state index in [1.54, 1.807) is 0 Å². The van der Waals surface area contributed by atoms with Crippen LogP contribution < -0.4 is 11.1 Å². The van der Waals surface area contributed by atoms with Crippen LogP contribution in [-0.2, 0) is 4.74 Å². The first-order valence-electron chi connectivity index (χ1n) is 5.04. The molecule has 1 atom stereocenters. The second-order valence-electron chi connectivity index (χ2n) is 3.46. The van der Waals surface area contributed by atoms with Gasteiger partial charge in [-0.25, -0.2) is 8.78 Å². The van der Waals surface area contributed by atoms with Crippen molar-refractivity contribution in [3.63, 3.8) is 0 Å². The van der Waals surface area contributed by atoms with Crippen LogP contribution >= 0.6 is 0 Å². The number of carbonyl (C=O) groups excluding carboxylic acids is 1. The fourth-order valence-electron chi connectivity index (χ4n) is 1.34. The van der Waals surface area contributed by atoms with Crippen LogP contribution in [0.4, 0.5) is 8.78 Å². The lowest BCUT2D eigenvalue weighted by Crippen LogP contribution is -2.43. The van der Waals surface area contributed by atoms with Gasteiger partial charge in [0.05, 0.1) is 12.6 Å². The van der Waals surface area contributed by atoms with Crippen molar-refractivity contribution in [2.45, 2.75) is 6.04 Å². The second kappa shape index (κ2) is 6.27. The van der Waals surface area contributed by atoms with Crippen LogP contribution in [0, 0.1) is 11.6 Å². The summed E-state index contributed by atoms with van der Waals surface area (Å²) >= 11 is 0. The van der Waals surface area contributed by atoms with Gasteiger partial charge in [-0.15, -0.1) is 0 Å². The monoisotopic (exact) mass is 244 g/mol. The Bertz CT molecular complexity index is 379. The molecule has 0 radical (unpaired) electrons. The molecule has 0 aliphatic carbocycles. The number of carbonyl (C=O) groups is 1. The van der Waals surface area contributed by atoms with Crippen molar-refractivity contribution in [1.82, 2.24) is 5.32 Å². The van der Waals surface area contributed by atoms with Crippen molar-refractivity contribution < 1.29 is 18.3 Å². The van der Waals surface area contributed by atoms with Crippen LogP contribution in [0.1, 0.15) is 10.4 Å². The molecular formula is C11H14F2N2O2. The van der Waals surface area contributed by atoms with E-state index in [4.69, 9.17) is 10.5 Å². The summed E-state index contributed by atoms with van der Waals surface area (Å²) < 4.78 is 31.4. The Morgan fingerprint density at radius 3 is 2.53 bits per heavy atom. The average molecular weight is 244 g/mol. The van der Waals surface area contributed by atoms with Crippen molar-refractivity contribution in [2.75, 3.05) is 20.3 Å². The minimum atomic E-state index is -0.907. The molecule has 0 aromatic heterocycles. The van der Waals surface area contributed by atoms with Gasteiger partial charge in [-0.05, 0) is 12.1 Å². The highest BCUT2D eigenvalue weighted by Gasteiger charge is 2.19. The first-order chi connectivity index (χ1) is 8.10. The van der Waals surface area contributed by atoms with Crippen molar-refractivity contribution >= 4 is 5.91 Å². The van der Waals surface area contributed by atoms with Crippen LogP contribution in [0.25, 0.3) is 0 Å². The van der Waals surface area contributed by atoms with Gasteiger partial charge in [-0.2, -0.15) is 0 Å². The number of halogens is 2. The number of benzene rings is 1. The third kappa shape index (κ3) is 3.47. The highest BCUT2D eigenvalue weighted by Crippen LogP contribution is 2.11. The molecule has 3 N–H and O–H groups in total. The number of hydrogen-bond acceptors (Lipinski definition) is 3. The van der Waals surface area contributed by atoms with Gasteiger partial charge >= 0.3 is 0 Å². The van der Waals surface area contributed by atoms with Gasteiger partial charge in [-0.3, -0.25) is 4.79 Å². The number of hydrogen-bond donors (Lipinski definition) is 2. The highest BCUT2D eigenvalue weighted by atomic mass is 19.1. The summed E-state index contributed by atoms with van der Waals surface area (Å²) in [5, 5.41) is 2.40. The average Bonchev–Trinajstić information content (AvgIpc) is 2.28. The van der Waals surface area contributed by atoms with Gasteiger partial charge in [0.1, 0.15) is 17.2 Å². The molecule has 4 nitrogen and oxygen atoms in total. The molecule has 0 saturated carbocycles. The van der Waals surface area contributed by atoms with E-state index in [0.717, 1.165) is 12.1 Å². The first-order valence-corrected chi connectivity index (χ1v) is 5.04. The summed E-state index contributed by atoms with van der Waals surface area (Å²) in [5.74, 6) is -2.65. The van der Waals surface area contributed by atoms with E-state index in [-0.39, 0.29) is 13.2 Å². The molecule has 1 aromatic rings. The third-order valence-corrected chi connectivity index (χ3v) is 2.18. The maximum Gasteiger partial charge on any atom is 0.257 e. The van der Waals surface area contributed by atoms with E-state index >= 15 is 0 Å². The fourth-order valence-corrected chi connectivity index (χ4v) is 1.34. The second-order valence-corrected chi connectivity index (χ2v) is 3.46. The molecule has 1 rings (SSSR count). The molecular weight excluding hydrogens is 230 g/mol. The Morgan fingerprint density at radius 1 is 1.47 bits per heavy atom. The number of nitrogens with one attached hydrogen (secondary N) is 1. The zero-order valence-electron chi connectivity index (χ0n) is 9.37. The van der Waals surface area contributed by atoms with Crippen LogP contribution in [0.15, 0.2) is 18.2 Å². The molecule has 0 saturated heterocycles. The van der Waals surface area contributed by atoms with Gasteiger partial charge in [-0.1, -0.05) is 6.07 Å². The predicted molar refractivity (Wildman–Crippen MR) is 58.5 cm³/mol. The molecule has 1 unspecified atom stereocenters. The van der Waals surface area contributed by atoms with Gasteiger partial charge in [0.15, 0.2) is 0 Å². The number of rotatable bonds is 5. The molecule has 1 amide bonds. The Labute approximate surface area is 97.8 Å². The minimum absolute atomic E-state index is 0.121. The number of methoxy groups -OCH3 is 1. The molecule has 6 heteroatoms. The lowest BCUT2D eigenvalue weighted by molar-refractivity contribution is 0.0892. The maximum atomic E-state index is 13.3. The zero-order valence-corrected chi connectivity index (χ0v) is 9.37. The summed E-state index contributed by atoms with van der Waals surface area (Å²) in [6.45, 7) is 0.300. The molecule has 1 aromatic carbocycles. The van der Waals surface area contributed by atoms with Crippen molar-refractivity contribution in [3.8, 4) is 0 Å². The smallest absolute Gasteiger partial charge is 0.257 e. The maximum absolute atomic E-state index is 13.3. The Morgan fingerprint density at radius 2 is 2.06 bits per heavy atom. The standard InChI is InChI=1S/C11H14F2N2O2/c1-17-6-7(5-14)15-11(16)10-8(12)3-2-4-9(10)13/h2-4,7H,5-6,14H2,1H3,(H,15,16). The van der Waals surface area contributed by atoms with Crippen LogP contribution in [-0.4, -0.2) is 32.2 Å². The summed E-state index contributed by atoms with van der Waals surface area (Å²) in [6.07, 6.45) is 0. The van der Waals surface area contributed by atoms with E-state index in [1.165, 1.54) is 13.2 Å². The van der Waals surface area contributed by atoms with Gasteiger partial charge in [0, 0.05) is 13.7 Å². The zero-order chi connectivity index (χ0) is 12.8. The molecule has 94 valence electrons. The van der Waals surface area contributed by atoms with Crippen LogP contribution in [0.3, 0.4) is 0 Å². The van der Waals surface area contributed by atoms with Crippen molar-refractivity contribution in [2.24, 2.45) is 5.73 Å². The summed E-state index contributed by atoms with van der Waals surface area (Å²) in [5.41, 5.74) is 4.77. The Kier molecular flexibility index (Phi) is 4.99. The lowest BCUT2D eigenvalue weighted by atomic mass is 10.1. The Balaban J connectivity index is 2.82.